The fourth-order valence-electron chi connectivity index (χ4n) is 3.93. The summed E-state index contributed by atoms with van der Waals surface area (Å²) in [5, 5.41) is 10.0. The second-order valence-corrected chi connectivity index (χ2v) is 6.97. The topological polar surface area (TPSA) is 43.8 Å². The lowest BCUT2D eigenvalue weighted by Gasteiger charge is -2.39. The van der Waals surface area contributed by atoms with Crippen LogP contribution in [0.15, 0.2) is 24.3 Å². The normalized spacial score (nSPS) is 25.7. The van der Waals surface area contributed by atoms with Crippen LogP contribution >= 0.6 is 0 Å². The van der Waals surface area contributed by atoms with Gasteiger partial charge in [-0.05, 0) is 38.2 Å². The number of benzene rings is 1. The maximum Gasteiger partial charge on any atom is 0.222 e. The monoisotopic (exact) mass is 316 g/mol. The molecule has 2 fully saturated rings. The lowest BCUT2D eigenvalue weighted by atomic mass is 10.1. The Hall–Kier alpha value is -1.39. The predicted octanol–water partition coefficient (Wildman–Crippen LogP) is 1.99. The smallest absolute Gasteiger partial charge is 0.222 e. The lowest BCUT2D eigenvalue weighted by molar-refractivity contribution is -0.133. The van der Waals surface area contributed by atoms with Gasteiger partial charge in [0.05, 0.1) is 6.10 Å². The first-order chi connectivity index (χ1) is 11.1. The maximum absolute atomic E-state index is 12.4. The Balaban J connectivity index is 1.45. The molecule has 1 aromatic carbocycles. The van der Waals surface area contributed by atoms with Crippen LogP contribution < -0.4 is 0 Å². The third-order valence-corrected chi connectivity index (χ3v) is 5.29. The van der Waals surface area contributed by atoms with E-state index < -0.39 is 0 Å². The Kier molecular flexibility index (Phi) is 5.34. The largest absolute Gasteiger partial charge is 0.391 e. The third-order valence-electron chi connectivity index (χ3n) is 5.29. The molecule has 2 aliphatic rings. The molecule has 4 nitrogen and oxygen atoms in total. The van der Waals surface area contributed by atoms with Crippen molar-refractivity contribution >= 4 is 5.91 Å². The Bertz CT molecular complexity index is 538. The Morgan fingerprint density at radius 3 is 2.65 bits per heavy atom. The first-order valence-electron chi connectivity index (χ1n) is 8.89. The van der Waals surface area contributed by atoms with E-state index >= 15 is 0 Å². The summed E-state index contributed by atoms with van der Waals surface area (Å²) in [7, 11) is 0. The average molecular weight is 316 g/mol. The van der Waals surface area contributed by atoms with Crippen LogP contribution in [0.2, 0.25) is 0 Å². The van der Waals surface area contributed by atoms with E-state index in [4.69, 9.17) is 0 Å². The zero-order chi connectivity index (χ0) is 16.2. The van der Waals surface area contributed by atoms with E-state index in [-0.39, 0.29) is 12.0 Å². The number of aliphatic hydroxyl groups is 1. The number of piperazine rings is 1. The number of rotatable bonds is 4. The van der Waals surface area contributed by atoms with E-state index in [1.807, 2.05) is 4.90 Å². The zero-order valence-electron chi connectivity index (χ0n) is 14.1. The van der Waals surface area contributed by atoms with Gasteiger partial charge in [0.2, 0.25) is 5.91 Å². The number of nitrogens with zero attached hydrogens (tertiary/aromatic N) is 2. The summed E-state index contributed by atoms with van der Waals surface area (Å²) in [6.07, 6.45) is 4.40. The third kappa shape index (κ3) is 4.12. The van der Waals surface area contributed by atoms with Gasteiger partial charge in [0, 0.05) is 38.6 Å². The van der Waals surface area contributed by atoms with Crippen LogP contribution in [0.3, 0.4) is 0 Å². The number of hydrogen-bond acceptors (Lipinski definition) is 3. The molecule has 1 saturated carbocycles. The molecule has 3 rings (SSSR count). The zero-order valence-corrected chi connectivity index (χ0v) is 14.1. The molecule has 0 aromatic heterocycles. The minimum Gasteiger partial charge on any atom is -0.391 e. The van der Waals surface area contributed by atoms with Gasteiger partial charge in [0.1, 0.15) is 0 Å². The van der Waals surface area contributed by atoms with Crippen LogP contribution in [0, 0.1) is 6.92 Å². The Morgan fingerprint density at radius 1 is 1.22 bits per heavy atom. The van der Waals surface area contributed by atoms with Gasteiger partial charge < -0.3 is 10.0 Å². The number of carbonyl (C=O) groups is 1. The SMILES string of the molecule is Cc1cccc(CCC(=O)N2CCN([C@H]3CCC[C@@H]3O)CC2)c1. The average Bonchev–Trinajstić information content (AvgIpc) is 2.99. The molecule has 1 saturated heterocycles. The van der Waals surface area contributed by atoms with E-state index in [2.05, 4.69) is 36.1 Å². The fraction of sp³-hybridized carbons (Fsp3) is 0.632. The molecule has 1 N–H and O–H groups in total. The van der Waals surface area contributed by atoms with Crippen molar-refractivity contribution in [2.24, 2.45) is 0 Å². The second-order valence-electron chi connectivity index (χ2n) is 6.97. The highest BCUT2D eigenvalue weighted by atomic mass is 16.3. The number of aliphatic hydroxyl groups excluding tert-OH is 1. The Morgan fingerprint density at radius 2 is 2.00 bits per heavy atom. The number of carbonyl (C=O) groups excluding carboxylic acids is 1. The molecular formula is C19H28N2O2. The summed E-state index contributed by atoms with van der Waals surface area (Å²) >= 11 is 0. The van der Waals surface area contributed by atoms with Crippen molar-refractivity contribution in [3.8, 4) is 0 Å². The van der Waals surface area contributed by atoms with E-state index in [0.29, 0.717) is 12.5 Å². The van der Waals surface area contributed by atoms with Gasteiger partial charge in [-0.25, -0.2) is 0 Å². The molecule has 2 atom stereocenters. The second kappa shape index (κ2) is 7.45. The molecule has 126 valence electrons. The molecule has 0 unspecified atom stereocenters. The van der Waals surface area contributed by atoms with Crippen molar-refractivity contribution in [3.05, 3.63) is 35.4 Å². The van der Waals surface area contributed by atoms with E-state index in [1.165, 1.54) is 11.1 Å². The van der Waals surface area contributed by atoms with Crippen molar-refractivity contribution in [3.63, 3.8) is 0 Å². The van der Waals surface area contributed by atoms with Gasteiger partial charge in [-0.1, -0.05) is 29.8 Å². The number of amides is 1. The molecule has 4 heteroatoms. The van der Waals surface area contributed by atoms with Crippen molar-refractivity contribution in [2.45, 2.75) is 51.2 Å². The molecule has 23 heavy (non-hydrogen) atoms. The maximum atomic E-state index is 12.4. The summed E-state index contributed by atoms with van der Waals surface area (Å²) in [5.74, 6) is 0.262. The van der Waals surface area contributed by atoms with Gasteiger partial charge in [0.25, 0.3) is 0 Å². The quantitative estimate of drug-likeness (QED) is 0.924. The van der Waals surface area contributed by atoms with Crippen molar-refractivity contribution < 1.29 is 9.90 Å². The van der Waals surface area contributed by atoms with Crippen LogP contribution in [-0.4, -0.2) is 59.1 Å². The first kappa shape index (κ1) is 16.5. The molecule has 1 amide bonds. The van der Waals surface area contributed by atoms with Crippen LogP contribution in [0.1, 0.15) is 36.8 Å². The van der Waals surface area contributed by atoms with Crippen LogP contribution in [0.25, 0.3) is 0 Å². The summed E-state index contributed by atoms with van der Waals surface area (Å²) in [6.45, 7) is 5.49. The Labute approximate surface area is 139 Å². The molecule has 1 aliphatic carbocycles. The highest BCUT2D eigenvalue weighted by molar-refractivity contribution is 5.76. The summed E-state index contributed by atoms with van der Waals surface area (Å²) < 4.78 is 0. The van der Waals surface area contributed by atoms with Gasteiger partial charge in [-0.3, -0.25) is 9.69 Å². The number of hydrogen-bond donors (Lipinski definition) is 1. The highest BCUT2D eigenvalue weighted by Gasteiger charge is 2.33. The van der Waals surface area contributed by atoms with Gasteiger partial charge in [-0.2, -0.15) is 0 Å². The van der Waals surface area contributed by atoms with Crippen LogP contribution in [0.5, 0.6) is 0 Å². The summed E-state index contributed by atoms with van der Waals surface area (Å²) in [4.78, 5) is 16.8. The van der Waals surface area contributed by atoms with Crippen molar-refractivity contribution in [1.29, 1.82) is 0 Å². The summed E-state index contributed by atoms with van der Waals surface area (Å²) in [6, 6.07) is 8.72. The van der Waals surface area contributed by atoms with E-state index in [1.54, 1.807) is 0 Å². The van der Waals surface area contributed by atoms with E-state index in [9.17, 15) is 9.90 Å². The van der Waals surface area contributed by atoms with Crippen LogP contribution in [-0.2, 0) is 11.2 Å². The fourth-order valence-corrected chi connectivity index (χ4v) is 3.93. The predicted molar refractivity (Wildman–Crippen MR) is 91.3 cm³/mol. The molecule has 1 aliphatic heterocycles. The molecular weight excluding hydrogens is 288 g/mol. The van der Waals surface area contributed by atoms with E-state index in [0.717, 1.165) is 51.9 Å². The highest BCUT2D eigenvalue weighted by Crippen LogP contribution is 2.25. The standard InChI is InChI=1S/C19H28N2O2/c1-15-4-2-5-16(14-15)8-9-19(23)21-12-10-20(11-13-21)17-6-3-7-18(17)22/h2,4-5,14,17-18,22H,3,6-13H2,1H3/t17-,18-/m0/s1. The minimum absolute atomic E-state index is 0.168. The first-order valence-corrected chi connectivity index (χ1v) is 8.89. The van der Waals surface area contributed by atoms with Crippen molar-refractivity contribution in [1.82, 2.24) is 9.80 Å². The van der Waals surface area contributed by atoms with Crippen LogP contribution in [0.4, 0.5) is 0 Å². The number of aryl methyl sites for hydroxylation is 2. The molecule has 1 aromatic rings. The molecule has 0 radical (unpaired) electrons. The minimum atomic E-state index is -0.168. The lowest BCUT2D eigenvalue weighted by Crippen LogP contribution is -2.53. The molecule has 0 bridgehead atoms. The molecule has 0 spiro atoms. The van der Waals surface area contributed by atoms with Crippen molar-refractivity contribution in [2.75, 3.05) is 26.2 Å². The summed E-state index contributed by atoms with van der Waals surface area (Å²) in [5.41, 5.74) is 2.49. The van der Waals surface area contributed by atoms with Gasteiger partial charge >= 0.3 is 0 Å². The molecule has 1 heterocycles. The van der Waals surface area contributed by atoms with Gasteiger partial charge in [-0.15, -0.1) is 0 Å². The van der Waals surface area contributed by atoms with Gasteiger partial charge in [0.15, 0.2) is 0 Å².